The number of nitrogens with zero attached hydrogens (tertiary/aromatic N) is 2. The van der Waals surface area contributed by atoms with Gasteiger partial charge in [0.05, 0.1) is 12.2 Å². The Labute approximate surface area is 89.1 Å². The fraction of sp³-hybridized carbons (Fsp3) is 0.636. The van der Waals surface area contributed by atoms with Crippen LogP contribution < -0.4 is 11.3 Å². The monoisotopic (exact) mass is 207 g/mol. The maximum Gasteiger partial charge on any atom is 0.266 e. The van der Waals surface area contributed by atoms with Crippen molar-refractivity contribution in [2.75, 3.05) is 6.54 Å². The van der Waals surface area contributed by atoms with Gasteiger partial charge in [-0.05, 0) is 44.2 Å². The second kappa shape index (κ2) is 3.77. The van der Waals surface area contributed by atoms with Crippen LogP contribution in [0.5, 0.6) is 0 Å². The van der Waals surface area contributed by atoms with Crippen molar-refractivity contribution in [3.8, 4) is 0 Å². The summed E-state index contributed by atoms with van der Waals surface area (Å²) in [7, 11) is 0. The number of hydrogen-bond acceptors (Lipinski definition) is 3. The van der Waals surface area contributed by atoms with Crippen molar-refractivity contribution >= 4 is 0 Å². The van der Waals surface area contributed by atoms with Gasteiger partial charge in [0.1, 0.15) is 0 Å². The van der Waals surface area contributed by atoms with Crippen LogP contribution in [0, 0.1) is 12.3 Å². The number of hydrogen-bond donors (Lipinski definition) is 1. The Bertz CT molecular complexity index is 407. The van der Waals surface area contributed by atoms with Gasteiger partial charge < -0.3 is 5.73 Å². The van der Waals surface area contributed by atoms with E-state index >= 15 is 0 Å². The van der Waals surface area contributed by atoms with Crippen LogP contribution in [0.15, 0.2) is 16.9 Å². The van der Waals surface area contributed by atoms with Crippen molar-refractivity contribution in [3.63, 3.8) is 0 Å². The lowest BCUT2D eigenvalue weighted by atomic mass is 10.0. The first-order valence-electron chi connectivity index (χ1n) is 5.40. The van der Waals surface area contributed by atoms with E-state index in [1.165, 1.54) is 12.8 Å². The summed E-state index contributed by atoms with van der Waals surface area (Å²) < 4.78 is 1.58. The average molecular weight is 207 g/mol. The molecule has 2 rings (SSSR count). The van der Waals surface area contributed by atoms with Gasteiger partial charge in [-0.1, -0.05) is 0 Å². The lowest BCUT2D eigenvalue weighted by molar-refractivity contribution is 0.364. The topological polar surface area (TPSA) is 60.9 Å². The normalized spacial score (nSPS) is 17.7. The van der Waals surface area contributed by atoms with Crippen LogP contribution in [-0.4, -0.2) is 16.3 Å². The van der Waals surface area contributed by atoms with Crippen LogP contribution in [0.25, 0.3) is 0 Å². The molecule has 0 radical (unpaired) electrons. The molecule has 0 spiro atoms. The molecule has 4 nitrogen and oxygen atoms in total. The maximum atomic E-state index is 11.6. The SMILES string of the molecule is Cc1ccc(=O)n(CC2(CCN)CC2)n1. The second-order valence-electron chi connectivity index (χ2n) is 4.51. The first kappa shape index (κ1) is 10.4. The molecule has 1 aliphatic carbocycles. The fourth-order valence-electron chi connectivity index (χ4n) is 1.95. The molecule has 0 amide bonds. The van der Waals surface area contributed by atoms with E-state index in [9.17, 15) is 4.79 Å². The van der Waals surface area contributed by atoms with Crippen molar-refractivity contribution in [3.05, 3.63) is 28.2 Å². The Kier molecular flexibility index (Phi) is 2.61. The van der Waals surface area contributed by atoms with E-state index in [0.717, 1.165) is 18.7 Å². The van der Waals surface area contributed by atoms with Crippen molar-refractivity contribution < 1.29 is 0 Å². The van der Waals surface area contributed by atoms with Crippen LogP contribution in [0.3, 0.4) is 0 Å². The second-order valence-corrected chi connectivity index (χ2v) is 4.51. The Morgan fingerprint density at radius 2 is 2.27 bits per heavy atom. The van der Waals surface area contributed by atoms with Crippen LogP contribution in [0.2, 0.25) is 0 Å². The van der Waals surface area contributed by atoms with E-state index in [1.807, 2.05) is 6.92 Å². The standard InChI is InChI=1S/C11H17N3O/c1-9-2-3-10(15)14(13-9)8-11(4-5-11)6-7-12/h2-3H,4-8,12H2,1H3. The summed E-state index contributed by atoms with van der Waals surface area (Å²) in [4.78, 5) is 11.6. The van der Waals surface area contributed by atoms with Crippen LogP contribution in [0.4, 0.5) is 0 Å². The minimum atomic E-state index is -0.0103. The Balaban J connectivity index is 2.17. The lowest BCUT2D eigenvalue weighted by Gasteiger charge is -2.14. The number of aromatic nitrogens is 2. The van der Waals surface area contributed by atoms with Crippen LogP contribution >= 0.6 is 0 Å². The highest BCUT2D eigenvalue weighted by Crippen LogP contribution is 2.49. The molecule has 82 valence electrons. The van der Waals surface area contributed by atoms with Gasteiger partial charge >= 0.3 is 0 Å². The van der Waals surface area contributed by atoms with E-state index in [0.29, 0.717) is 6.54 Å². The highest BCUT2D eigenvalue weighted by atomic mass is 16.1. The largest absolute Gasteiger partial charge is 0.330 e. The van der Waals surface area contributed by atoms with Crippen molar-refractivity contribution in [2.45, 2.75) is 32.7 Å². The van der Waals surface area contributed by atoms with Gasteiger partial charge in [-0.3, -0.25) is 4.79 Å². The highest BCUT2D eigenvalue weighted by molar-refractivity contribution is 4.99. The molecule has 2 N–H and O–H groups in total. The summed E-state index contributed by atoms with van der Waals surface area (Å²) in [6.07, 6.45) is 3.34. The van der Waals surface area contributed by atoms with E-state index in [4.69, 9.17) is 5.73 Å². The molecule has 4 heteroatoms. The molecule has 0 unspecified atom stereocenters. The molecule has 0 aliphatic heterocycles. The first-order chi connectivity index (χ1) is 7.15. The molecule has 1 aromatic heterocycles. The van der Waals surface area contributed by atoms with Crippen LogP contribution in [0.1, 0.15) is 25.0 Å². The molecule has 0 atom stereocenters. The molecular weight excluding hydrogens is 190 g/mol. The van der Waals surface area contributed by atoms with Crippen LogP contribution in [-0.2, 0) is 6.54 Å². The minimum Gasteiger partial charge on any atom is -0.330 e. The summed E-state index contributed by atoms with van der Waals surface area (Å²) in [6, 6.07) is 3.34. The molecule has 0 saturated heterocycles. The molecule has 0 aromatic carbocycles. The van der Waals surface area contributed by atoms with Gasteiger partial charge in [0.25, 0.3) is 5.56 Å². The molecule has 0 bridgehead atoms. The predicted molar refractivity (Wildman–Crippen MR) is 58.6 cm³/mol. The highest BCUT2D eigenvalue weighted by Gasteiger charge is 2.42. The molecule has 1 heterocycles. The summed E-state index contributed by atoms with van der Waals surface area (Å²) in [5, 5.41) is 4.24. The number of rotatable bonds is 4. The summed E-state index contributed by atoms with van der Waals surface area (Å²) in [5.74, 6) is 0. The van der Waals surface area contributed by atoms with Gasteiger partial charge in [-0.25, -0.2) is 4.68 Å². The fourth-order valence-corrected chi connectivity index (χ4v) is 1.95. The van der Waals surface area contributed by atoms with Crippen molar-refractivity contribution in [2.24, 2.45) is 11.1 Å². The zero-order valence-electron chi connectivity index (χ0n) is 9.07. The lowest BCUT2D eigenvalue weighted by Crippen LogP contribution is -2.28. The van der Waals surface area contributed by atoms with Crippen molar-refractivity contribution in [1.29, 1.82) is 0 Å². The molecule has 1 fully saturated rings. The zero-order chi connectivity index (χ0) is 10.9. The number of aryl methyl sites for hydroxylation is 1. The third-order valence-corrected chi connectivity index (χ3v) is 3.12. The summed E-state index contributed by atoms with van der Waals surface area (Å²) >= 11 is 0. The third-order valence-electron chi connectivity index (χ3n) is 3.12. The molecular formula is C11H17N3O. The molecule has 15 heavy (non-hydrogen) atoms. The first-order valence-corrected chi connectivity index (χ1v) is 5.40. The average Bonchev–Trinajstić information content (AvgIpc) is 2.92. The summed E-state index contributed by atoms with van der Waals surface area (Å²) in [6.45, 7) is 3.32. The minimum absolute atomic E-state index is 0.0103. The van der Waals surface area contributed by atoms with Gasteiger partial charge in [-0.2, -0.15) is 5.10 Å². The van der Waals surface area contributed by atoms with Gasteiger partial charge in [0.15, 0.2) is 0 Å². The quantitative estimate of drug-likeness (QED) is 0.789. The van der Waals surface area contributed by atoms with Crippen molar-refractivity contribution in [1.82, 2.24) is 9.78 Å². The van der Waals surface area contributed by atoms with E-state index in [-0.39, 0.29) is 11.0 Å². The van der Waals surface area contributed by atoms with Gasteiger partial charge in [-0.15, -0.1) is 0 Å². The zero-order valence-corrected chi connectivity index (χ0v) is 9.07. The Morgan fingerprint density at radius 3 is 2.87 bits per heavy atom. The van der Waals surface area contributed by atoms with E-state index in [2.05, 4.69) is 5.10 Å². The Hall–Kier alpha value is -1.16. The van der Waals surface area contributed by atoms with Gasteiger partial charge in [0.2, 0.25) is 0 Å². The predicted octanol–water partition coefficient (Wildman–Crippen LogP) is 0.681. The Morgan fingerprint density at radius 1 is 1.53 bits per heavy atom. The number of nitrogens with two attached hydrogens (primary N) is 1. The third kappa shape index (κ3) is 2.26. The summed E-state index contributed by atoms with van der Waals surface area (Å²) in [5.41, 5.74) is 6.71. The molecule has 1 aromatic rings. The van der Waals surface area contributed by atoms with Gasteiger partial charge in [0, 0.05) is 6.07 Å². The van der Waals surface area contributed by atoms with E-state index in [1.54, 1.807) is 16.8 Å². The smallest absolute Gasteiger partial charge is 0.266 e. The molecule has 1 aliphatic rings. The maximum absolute atomic E-state index is 11.6. The molecule has 1 saturated carbocycles. The van der Waals surface area contributed by atoms with E-state index < -0.39 is 0 Å².